The van der Waals surface area contributed by atoms with Crippen LogP contribution in [-0.4, -0.2) is 37.7 Å². The summed E-state index contributed by atoms with van der Waals surface area (Å²) in [5.41, 5.74) is 2.88. The third-order valence-corrected chi connectivity index (χ3v) is 4.45. The summed E-state index contributed by atoms with van der Waals surface area (Å²) in [7, 11) is 0. The number of ether oxygens (including phenoxy) is 1. The molecule has 1 unspecified atom stereocenters. The van der Waals surface area contributed by atoms with Gasteiger partial charge in [0.05, 0.1) is 13.2 Å². The van der Waals surface area contributed by atoms with E-state index in [0.717, 1.165) is 32.8 Å². The Labute approximate surface area is 122 Å². The Bertz CT molecular complexity index is 390. The van der Waals surface area contributed by atoms with Crippen LogP contribution in [0.1, 0.15) is 42.9 Å². The molecule has 0 amide bonds. The van der Waals surface area contributed by atoms with Gasteiger partial charge in [0.1, 0.15) is 0 Å². The lowest BCUT2D eigenvalue weighted by atomic mass is 10.0. The summed E-state index contributed by atoms with van der Waals surface area (Å²) in [4.78, 5) is 2.47. The van der Waals surface area contributed by atoms with Crippen molar-refractivity contribution in [3.8, 4) is 0 Å². The number of nitrogens with one attached hydrogen (secondary N) is 1. The largest absolute Gasteiger partial charge is 0.379 e. The van der Waals surface area contributed by atoms with Crippen molar-refractivity contribution < 1.29 is 4.74 Å². The van der Waals surface area contributed by atoms with Gasteiger partial charge in [0, 0.05) is 25.7 Å². The second kappa shape index (κ2) is 7.21. The van der Waals surface area contributed by atoms with Crippen molar-refractivity contribution in [3.63, 3.8) is 0 Å². The second-order valence-electron chi connectivity index (χ2n) is 5.99. The lowest BCUT2D eigenvalue weighted by molar-refractivity contribution is 0.0342. The summed E-state index contributed by atoms with van der Waals surface area (Å²) >= 11 is 0. The van der Waals surface area contributed by atoms with Crippen LogP contribution < -0.4 is 5.32 Å². The standard InChI is InChI=1S/C17H26N2O/c1-2-4-17(18-9-3-1)16-7-5-15(6-8-16)14-19-10-12-20-13-11-19/h5-8,17-18H,1-4,9-14H2. The molecular weight excluding hydrogens is 248 g/mol. The topological polar surface area (TPSA) is 24.5 Å². The van der Waals surface area contributed by atoms with E-state index in [4.69, 9.17) is 4.74 Å². The van der Waals surface area contributed by atoms with Gasteiger partial charge in [0.2, 0.25) is 0 Å². The molecule has 110 valence electrons. The van der Waals surface area contributed by atoms with Crippen molar-refractivity contribution in [2.45, 2.75) is 38.3 Å². The van der Waals surface area contributed by atoms with Crippen molar-refractivity contribution in [1.82, 2.24) is 10.2 Å². The van der Waals surface area contributed by atoms with Gasteiger partial charge in [-0.1, -0.05) is 37.1 Å². The van der Waals surface area contributed by atoms with Gasteiger partial charge in [-0.15, -0.1) is 0 Å². The number of nitrogens with zero attached hydrogens (tertiary/aromatic N) is 1. The molecule has 0 aromatic heterocycles. The Balaban J connectivity index is 1.58. The van der Waals surface area contributed by atoms with Gasteiger partial charge >= 0.3 is 0 Å². The highest BCUT2D eigenvalue weighted by molar-refractivity contribution is 5.25. The number of hydrogen-bond donors (Lipinski definition) is 1. The molecule has 2 saturated heterocycles. The van der Waals surface area contributed by atoms with Gasteiger partial charge in [0.15, 0.2) is 0 Å². The maximum absolute atomic E-state index is 5.40. The molecule has 20 heavy (non-hydrogen) atoms. The molecule has 3 heteroatoms. The second-order valence-corrected chi connectivity index (χ2v) is 5.99. The summed E-state index contributed by atoms with van der Waals surface area (Å²) in [6.07, 6.45) is 5.33. The summed E-state index contributed by atoms with van der Waals surface area (Å²) in [5, 5.41) is 3.67. The van der Waals surface area contributed by atoms with E-state index < -0.39 is 0 Å². The summed E-state index contributed by atoms with van der Waals surface area (Å²) in [5.74, 6) is 0. The van der Waals surface area contributed by atoms with Crippen LogP contribution >= 0.6 is 0 Å². The number of rotatable bonds is 3. The van der Waals surface area contributed by atoms with E-state index in [1.54, 1.807) is 0 Å². The molecular formula is C17H26N2O. The molecule has 1 aromatic carbocycles. The quantitative estimate of drug-likeness (QED) is 0.917. The smallest absolute Gasteiger partial charge is 0.0594 e. The molecule has 3 nitrogen and oxygen atoms in total. The maximum Gasteiger partial charge on any atom is 0.0594 e. The molecule has 3 rings (SSSR count). The Morgan fingerprint density at radius 2 is 1.85 bits per heavy atom. The minimum Gasteiger partial charge on any atom is -0.379 e. The van der Waals surface area contributed by atoms with Crippen molar-refractivity contribution in [2.75, 3.05) is 32.8 Å². The van der Waals surface area contributed by atoms with Crippen molar-refractivity contribution in [2.24, 2.45) is 0 Å². The summed E-state index contributed by atoms with van der Waals surface area (Å²) in [6, 6.07) is 9.81. The maximum atomic E-state index is 5.40. The fourth-order valence-electron chi connectivity index (χ4n) is 3.19. The van der Waals surface area contributed by atoms with Crippen LogP contribution in [0.2, 0.25) is 0 Å². The normalized spacial score (nSPS) is 25.3. The van der Waals surface area contributed by atoms with Crippen molar-refractivity contribution in [3.05, 3.63) is 35.4 Å². The first-order valence-corrected chi connectivity index (χ1v) is 8.04. The fraction of sp³-hybridized carbons (Fsp3) is 0.647. The lowest BCUT2D eigenvalue weighted by Crippen LogP contribution is -2.35. The lowest BCUT2D eigenvalue weighted by Gasteiger charge is -2.26. The highest BCUT2D eigenvalue weighted by Gasteiger charge is 2.14. The average Bonchev–Trinajstić information content (AvgIpc) is 2.78. The highest BCUT2D eigenvalue weighted by atomic mass is 16.5. The zero-order chi connectivity index (χ0) is 13.6. The molecule has 0 saturated carbocycles. The van der Waals surface area contributed by atoms with Crippen LogP contribution in [0.25, 0.3) is 0 Å². The van der Waals surface area contributed by atoms with Gasteiger partial charge in [-0.05, 0) is 30.5 Å². The Kier molecular flexibility index (Phi) is 5.06. The minimum atomic E-state index is 0.565. The SMILES string of the molecule is c1cc(C2CCCCCN2)ccc1CN1CCOCC1. The zero-order valence-electron chi connectivity index (χ0n) is 12.3. The van der Waals surface area contributed by atoms with Crippen LogP contribution in [0.4, 0.5) is 0 Å². The fourth-order valence-corrected chi connectivity index (χ4v) is 3.19. The van der Waals surface area contributed by atoms with E-state index in [2.05, 4.69) is 34.5 Å². The molecule has 1 atom stereocenters. The molecule has 0 aliphatic carbocycles. The molecule has 0 spiro atoms. The van der Waals surface area contributed by atoms with Gasteiger partial charge in [-0.2, -0.15) is 0 Å². The highest BCUT2D eigenvalue weighted by Crippen LogP contribution is 2.23. The predicted molar refractivity (Wildman–Crippen MR) is 81.7 cm³/mol. The van der Waals surface area contributed by atoms with Gasteiger partial charge < -0.3 is 10.1 Å². The van der Waals surface area contributed by atoms with Gasteiger partial charge in [0.25, 0.3) is 0 Å². The van der Waals surface area contributed by atoms with E-state index >= 15 is 0 Å². The van der Waals surface area contributed by atoms with Crippen LogP contribution in [0.5, 0.6) is 0 Å². The van der Waals surface area contributed by atoms with Crippen molar-refractivity contribution in [1.29, 1.82) is 0 Å². The van der Waals surface area contributed by atoms with Gasteiger partial charge in [-0.25, -0.2) is 0 Å². The molecule has 2 aliphatic heterocycles. The van der Waals surface area contributed by atoms with Crippen LogP contribution in [-0.2, 0) is 11.3 Å². The molecule has 2 fully saturated rings. The molecule has 2 heterocycles. The first-order valence-electron chi connectivity index (χ1n) is 8.04. The predicted octanol–water partition coefficient (Wildman–Crippen LogP) is 2.72. The van der Waals surface area contributed by atoms with Gasteiger partial charge in [-0.3, -0.25) is 4.90 Å². The number of hydrogen-bond acceptors (Lipinski definition) is 3. The van der Waals surface area contributed by atoms with E-state index in [0.29, 0.717) is 6.04 Å². The third kappa shape index (κ3) is 3.81. The number of benzene rings is 1. The number of morpholine rings is 1. The minimum absolute atomic E-state index is 0.565. The van der Waals surface area contributed by atoms with Crippen LogP contribution in [0, 0.1) is 0 Å². The first kappa shape index (κ1) is 14.1. The zero-order valence-corrected chi connectivity index (χ0v) is 12.3. The van der Waals surface area contributed by atoms with Crippen LogP contribution in [0.3, 0.4) is 0 Å². The third-order valence-electron chi connectivity index (χ3n) is 4.45. The van der Waals surface area contributed by atoms with E-state index in [9.17, 15) is 0 Å². The van der Waals surface area contributed by atoms with E-state index in [-0.39, 0.29) is 0 Å². The molecule has 0 bridgehead atoms. The first-order chi connectivity index (χ1) is 9.92. The molecule has 1 aromatic rings. The van der Waals surface area contributed by atoms with E-state index in [1.807, 2.05) is 0 Å². The molecule has 1 N–H and O–H groups in total. The Morgan fingerprint density at radius 3 is 2.65 bits per heavy atom. The Morgan fingerprint density at radius 1 is 1.05 bits per heavy atom. The van der Waals surface area contributed by atoms with E-state index in [1.165, 1.54) is 43.4 Å². The van der Waals surface area contributed by atoms with Crippen LogP contribution in [0.15, 0.2) is 24.3 Å². The summed E-state index contributed by atoms with van der Waals surface area (Å²) < 4.78 is 5.40. The monoisotopic (exact) mass is 274 g/mol. The molecule has 2 aliphatic rings. The summed E-state index contributed by atoms with van der Waals surface area (Å²) in [6.45, 7) is 6.11. The van der Waals surface area contributed by atoms with Crippen molar-refractivity contribution >= 4 is 0 Å². The molecule has 0 radical (unpaired) electrons. The Hall–Kier alpha value is -0.900. The average molecular weight is 274 g/mol.